The van der Waals surface area contributed by atoms with Crippen LogP contribution in [0.3, 0.4) is 0 Å². The predicted octanol–water partition coefficient (Wildman–Crippen LogP) is 1.79. The van der Waals surface area contributed by atoms with E-state index in [1.165, 1.54) is 5.69 Å². The Morgan fingerprint density at radius 3 is 2.25 bits per heavy atom. The molecule has 1 aromatic rings. The van der Waals surface area contributed by atoms with Crippen molar-refractivity contribution in [3.05, 3.63) is 29.8 Å². The van der Waals surface area contributed by atoms with Gasteiger partial charge in [0.1, 0.15) is 0 Å². The van der Waals surface area contributed by atoms with Gasteiger partial charge in [0, 0.05) is 17.8 Å². The molecule has 3 heteroatoms. The van der Waals surface area contributed by atoms with Crippen molar-refractivity contribution in [2.75, 3.05) is 18.1 Å². The topological polar surface area (TPSA) is 32.7 Å². The van der Waals surface area contributed by atoms with Crippen molar-refractivity contribution in [1.29, 1.82) is 0 Å². The number of hydrogen-bond acceptors (Lipinski definition) is 3. The Labute approximate surface area is 96.6 Å². The Kier molecular flexibility index (Phi) is 3.46. The zero-order valence-electron chi connectivity index (χ0n) is 9.89. The van der Waals surface area contributed by atoms with Crippen LogP contribution in [0, 0.1) is 0 Å². The van der Waals surface area contributed by atoms with Gasteiger partial charge < -0.3 is 14.7 Å². The Morgan fingerprint density at radius 1 is 1.19 bits per heavy atom. The first-order valence-corrected chi connectivity index (χ1v) is 5.78. The summed E-state index contributed by atoms with van der Waals surface area (Å²) >= 11 is 0. The highest BCUT2D eigenvalue weighted by atomic mass is 16.5. The molecule has 0 bridgehead atoms. The monoisotopic (exact) mass is 221 g/mol. The number of benzene rings is 1. The summed E-state index contributed by atoms with van der Waals surface area (Å²) in [6.45, 7) is 6.03. The highest BCUT2D eigenvalue weighted by molar-refractivity contribution is 5.49. The fourth-order valence-electron chi connectivity index (χ4n) is 2.29. The molecule has 3 nitrogen and oxygen atoms in total. The molecule has 16 heavy (non-hydrogen) atoms. The SMILES string of the molecule is CC1COCC(C)N1c1ccc(CO)cc1. The molecule has 2 rings (SSSR count). The largest absolute Gasteiger partial charge is 0.392 e. The van der Waals surface area contributed by atoms with Crippen LogP contribution < -0.4 is 4.90 Å². The zero-order valence-corrected chi connectivity index (χ0v) is 9.89. The maximum atomic E-state index is 9.01. The van der Waals surface area contributed by atoms with E-state index in [1.807, 2.05) is 12.1 Å². The molecule has 0 aliphatic carbocycles. The Hall–Kier alpha value is -1.06. The summed E-state index contributed by atoms with van der Waals surface area (Å²) in [6.07, 6.45) is 0. The minimum atomic E-state index is 0.106. The van der Waals surface area contributed by atoms with Gasteiger partial charge in [0.15, 0.2) is 0 Å². The molecule has 1 N–H and O–H groups in total. The van der Waals surface area contributed by atoms with Gasteiger partial charge in [-0.15, -0.1) is 0 Å². The second-order valence-corrected chi connectivity index (χ2v) is 4.47. The number of ether oxygens (including phenoxy) is 1. The first kappa shape index (κ1) is 11.4. The summed E-state index contributed by atoms with van der Waals surface area (Å²) < 4.78 is 5.51. The molecule has 0 spiro atoms. The van der Waals surface area contributed by atoms with Gasteiger partial charge in [-0.2, -0.15) is 0 Å². The molecule has 1 saturated heterocycles. The van der Waals surface area contributed by atoms with Crippen molar-refractivity contribution < 1.29 is 9.84 Å². The van der Waals surface area contributed by atoms with E-state index in [2.05, 4.69) is 30.9 Å². The highest BCUT2D eigenvalue weighted by Crippen LogP contribution is 2.23. The van der Waals surface area contributed by atoms with Crippen LogP contribution in [0.2, 0.25) is 0 Å². The molecule has 2 unspecified atom stereocenters. The number of morpholine rings is 1. The van der Waals surface area contributed by atoms with Crippen molar-refractivity contribution >= 4 is 5.69 Å². The summed E-state index contributed by atoms with van der Waals surface area (Å²) in [6, 6.07) is 8.91. The molecule has 1 aliphatic rings. The second kappa shape index (κ2) is 4.85. The molecule has 1 aliphatic heterocycles. The number of aliphatic hydroxyl groups is 1. The Bertz CT molecular complexity index is 326. The maximum absolute atomic E-state index is 9.01. The van der Waals surface area contributed by atoms with Crippen molar-refractivity contribution in [3.63, 3.8) is 0 Å². The predicted molar refractivity (Wildman–Crippen MR) is 64.6 cm³/mol. The molecule has 0 radical (unpaired) electrons. The minimum absolute atomic E-state index is 0.106. The van der Waals surface area contributed by atoms with E-state index in [0.29, 0.717) is 12.1 Å². The van der Waals surface area contributed by atoms with E-state index in [0.717, 1.165) is 18.8 Å². The number of hydrogen-bond donors (Lipinski definition) is 1. The third-order valence-electron chi connectivity index (χ3n) is 3.08. The maximum Gasteiger partial charge on any atom is 0.0681 e. The van der Waals surface area contributed by atoms with Crippen LogP contribution >= 0.6 is 0 Å². The van der Waals surface area contributed by atoms with Gasteiger partial charge in [0.25, 0.3) is 0 Å². The first-order chi connectivity index (χ1) is 7.72. The lowest BCUT2D eigenvalue weighted by Crippen LogP contribution is -2.49. The van der Waals surface area contributed by atoms with E-state index in [1.54, 1.807) is 0 Å². The van der Waals surface area contributed by atoms with Gasteiger partial charge in [-0.3, -0.25) is 0 Å². The number of anilines is 1. The summed E-state index contributed by atoms with van der Waals surface area (Å²) in [5, 5.41) is 9.01. The quantitative estimate of drug-likeness (QED) is 0.826. The number of aliphatic hydroxyl groups excluding tert-OH is 1. The molecule has 2 atom stereocenters. The van der Waals surface area contributed by atoms with Gasteiger partial charge in [-0.05, 0) is 31.5 Å². The standard InChI is InChI=1S/C13H19NO2/c1-10-8-16-9-11(2)14(10)13-5-3-12(7-15)4-6-13/h3-6,10-11,15H,7-9H2,1-2H3. The minimum Gasteiger partial charge on any atom is -0.392 e. The van der Waals surface area contributed by atoms with Crippen LogP contribution in [-0.4, -0.2) is 30.4 Å². The van der Waals surface area contributed by atoms with Crippen LogP contribution in [0.1, 0.15) is 19.4 Å². The van der Waals surface area contributed by atoms with Crippen LogP contribution in [0.4, 0.5) is 5.69 Å². The number of nitrogens with zero attached hydrogens (tertiary/aromatic N) is 1. The summed E-state index contributed by atoms with van der Waals surface area (Å²) in [4.78, 5) is 2.38. The smallest absolute Gasteiger partial charge is 0.0681 e. The third-order valence-corrected chi connectivity index (χ3v) is 3.08. The molecule has 1 fully saturated rings. The summed E-state index contributed by atoms with van der Waals surface area (Å²) in [7, 11) is 0. The Balaban J connectivity index is 2.20. The van der Waals surface area contributed by atoms with Gasteiger partial charge in [-0.1, -0.05) is 12.1 Å². The average molecular weight is 221 g/mol. The van der Waals surface area contributed by atoms with Gasteiger partial charge in [0.05, 0.1) is 19.8 Å². The van der Waals surface area contributed by atoms with Gasteiger partial charge in [0.2, 0.25) is 0 Å². The van der Waals surface area contributed by atoms with E-state index in [9.17, 15) is 0 Å². The summed E-state index contributed by atoms with van der Waals surface area (Å²) in [5.74, 6) is 0. The van der Waals surface area contributed by atoms with Gasteiger partial charge in [-0.25, -0.2) is 0 Å². The molecule has 88 valence electrons. The van der Waals surface area contributed by atoms with Crippen LogP contribution in [0.15, 0.2) is 24.3 Å². The normalized spacial score (nSPS) is 25.8. The molecule has 0 amide bonds. The van der Waals surface area contributed by atoms with E-state index >= 15 is 0 Å². The van der Waals surface area contributed by atoms with E-state index < -0.39 is 0 Å². The molecule has 0 saturated carbocycles. The molecule has 1 heterocycles. The second-order valence-electron chi connectivity index (χ2n) is 4.47. The third kappa shape index (κ3) is 2.20. The molecule has 0 aromatic heterocycles. The molecular weight excluding hydrogens is 202 g/mol. The molecular formula is C13H19NO2. The van der Waals surface area contributed by atoms with Crippen molar-refractivity contribution in [1.82, 2.24) is 0 Å². The zero-order chi connectivity index (χ0) is 11.5. The van der Waals surface area contributed by atoms with Crippen LogP contribution in [0.25, 0.3) is 0 Å². The van der Waals surface area contributed by atoms with E-state index in [-0.39, 0.29) is 6.61 Å². The molecule has 1 aromatic carbocycles. The fraction of sp³-hybridized carbons (Fsp3) is 0.538. The average Bonchev–Trinajstić information content (AvgIpc) is 2.30. The summed E-state index contributed by atoms with van der Waals surface area (Å²) in [5.41, 5.74) is 2.16. The highest BCUT2D eigenvalue weighted by Gasteiger charge is 2.25. The van der Waals surface area contributed by atoms with Crippen molar-refractivity contribution in [2.45, 2.75) is 32.5 Å². The van der Waals surface area contributed by atoms with E-state index in [4.69, 9.17) is 9.84 Å². The van der Waals surface area contributed by atoms with Crippen molar-refractivity contribution in [3.8, 4) is 0 Å². The lowest BCUT2D eigenvalue weighted by atomic mass is 10.1. The Morgan fingerprint density at radius 2 is 1.75 bits per heavy atom. The van der Waals surface area contributed by atoms with Crippen molar-refractivity contribution in [2.24, 2.45) is 0 Å². The van der Waals surface area contributed by atoms with Crippen LogP contribution in [0.5, 0.6) is 0 Å². The lowest BCUT2D eigenvalue weighted by Gasteiger charge is -2.40. The van der Waals surface area contributed by atoms with Gasteiger partial charge >= 0.3 is 0 Å². The first-order valence-electron chi connectivity index (χ1n) is 5.78. The van der Waals surface area contributed by atoms with Crippen LogP contribution in [-0.2, 0) is 11.3 Å². The fourth-order valence-corrected chi connectivity index (χ4v) is 2.29. The lowest BCUT2D eigenvalue weighted by molar-refractivity contribution is 0.0757. The number of rotatable bonds is 2.